The van der Waals surface area contributed by atoms with Gasteiger partial charge in [0.1, 0.15) is 11.6 Å². The van der Waals surface area contributed by atoms with E-state index in [0.717, 1.165) is 19.4 Å². The van der Waals surface area contributed by atoms with Crippen LogP contribution < -0.4 is 4.74 Å². The van der Waals surface area contributed by atoms with E-state index in [4.69, 9.17) is 4.74 Å². The fraction of sp³-hybridized carbons (Fsp3) is 0.529. The molecule has 0 aromatic heterocycles. The molecule has 1 spiro atoms. The molecule has 23 heavy (non-hydrogen) atoms. The van der Waals surface area contributed by atoms with Crippen LogP contribution in [0.4, 0.5) is 4.39 Å². The topological polar surface area (TPSA) is 49.9 Å². The van der Waals surface area contributed by atoms with Crippen molar-refractivity contribution in [3.63, 3.8) is 0 Å². The number of hydrogen-bond donors (Lipinski definition) is 0. The molecule has 2 fully saturated rings. The van der Waals surface area contributed by atoms with Crippen molar-refractivity contribution in [3.8, 4) is 5.75 Å². The van der Waals surface area contributed by atoms with E-state index in [9.17, 15) is 14.0 Å². The van der Waals surface area contributed by atoms with Gasteiger partial charge < -0.3 is 14.5 Å². The summed E-state index contributed by atoms with van der Waals surface area (Å²) in [5, 5.41) is 0. The highest BCUT2D eigenvalue weighted by Crippen LogP contribution is 2.40. The van der Waals surface area contributed by atoms with Gasteiger partial charge in [-0.3, -0.25) is 9.59 Å². The third kappa shape index (κ3) is 3.46. The lowest BCUT2D eigenvalue weighted by atomic mass is 9.77. The van der Waals surface area contributed by atoms with Gasteiger partial charge in [0.25, 0.3) is 5.91 Å². The van der Waals surface area contributed by atoms with E-state index in [0.29, 0.717) is 25.3 Å². The van der Waals surface area contributed by atoms with Crippen molar-refractivity contribution in [2.24, 2.45) is 5.41 Å². The van der Waals surface area contributed by atoms with Crippen LogP contribution in [0.3, 0.4) is 0 Å². The zero-order valence-electron chi connectivity index (χ0n) is 13.3. The molecular formula is C17H21FN2O3. The van der Waals surface area contributed by atoms with Gasteiger partial charge in [-0.25, -0.2) is 4.39 Å². The molecule has 2 amide bonds. The fourth-order valence-corrected chi connectivity index (χ4v) is 3.46. The van der Waals surface area contributed by atoms with E-state index in [-0.39, 0.29) is 29.7 Å². The van der Waals surface area contributed by atoms with E-state index in [1.54, 1.807) is 21.9 Å². The number of rotatable bonds is 3. The van der Waals surface area contributed by atoms with Crippen LogP contribution in [0.2, 0.25) is 0 Å². The Hall–Kier alpha value is -2.11. The van der Waals surface area contributed by atoms with Crippen LogP contribution in [-0.2, 0) is 9.59 Å². The Labute approximate surface area is 135 Å². The van der Waals surface area contributed by atoms with Gasteiger partial charge in [-0.2, -0.15) is 0 Å². The molecule has 124 valence electrons. The van der Waals surface area contributed by atoms with Crippen molar-refractivity contribution in [1.29, 1.82) is 0 Å². The highest BCUT2D eigenvalue weighted by molar-refractivity contribution is 5.80. The third-order valence-corrected chi connectivity index (χ3v) is 4.86. The van der Waals surface area contributed by atoms with Crippen molar-refractivity contribution in [2.75, 3.05) is 33.3 Å². The number of nitrogens with zero attached hydrogens (tertiary/aromatic N) is 2. The number of benzene rings is 1. The maximum Gasteiger partial charge on any atom is 0.260 e. The van der Waals surface area contributed by atoms with E-state index in [2.05, 4.69) is 0 Å². The summed E-state index contributed by atoms with van der Waals surface area (Å²) < 4.78 is 18.4. The van der Waals surface area contributed by atoms with Gasteiger partial charge in [0, 0.05) is 44.6 Å². The van der Waals surface area contributed by atoms with Crippen LogP contribution >= 0.6 is 0 Å². The lowest BCUT2D eigenvalue weighted by Gasteiger charge is -2.38. The van der Waals surface area contributed by atoms with Gasteiger partial charge in [0.05, 0.1) is 0 Å². The predicted octanol–water partition coefficient (Wildman–Crippen LogP) is 1.68. The monoisotopic (exact) mass is 320 g/mol. The summed E-state index contributed by atoms with van der Waals surface area (Å²) in [6.45, 7) is 1.99. The lowest BCUT2D eigenvalue weighted by Crippen LogP contribution is -2.45. The van der Waals surface area contributed by atoms with E-state index >= 15 is 0 Å². The minimum absolute atomic E-state index is 0.0338. The smallest absolute Gasteiger partial charge is 0.260 e. The second kappa shape index (κ2) is 6.18. The van der Waals surface area contributed by atoms with Gasteiger partial charge in [0.15, 0.2) is 6.61 Å². The lowest BCUT2D eigenvalue weighted by molar-refractivity contribution is -0.135. The third-order valence-electron chi connectivity index (χ3n) is 4.86. The summed E-state index contributed by atoms with van der Waals surface area (Å²) in [4.78, 5) is 27.5. The number of carbonyl (C=O) groups excluding carboxylic acids is 2. The van der Waals surface area contributed by atoms with Crippen molar-refractivity contribution >= 4 is 11.8 Å². The average molecular weight is 320 g/mol. The summed E-state index contributed by atoms with van der Waals surface area (Å²) >= 11 is 0. The van der Waals surface area contributed by atoms with E-state index in [1.807, 2.05) is 7.05 Å². The quantitative estimate of drug-likeness (QED) is 0.851. The molecule has 0 N–H and O–H groups in total. The Balaban J connectivity index is 1.50. The molecule has 0 saturated carbocycles. The number of likely N-dealkylation sites (tertiary alicyclic amines) is 2. The molecule has 2 heterocycles. The summed E-state index contributed by atoms with van der Waals surface area (Å²) in [6, 6.07) is 5.77. The Morgan fingerprint density at radius 2 is 2.09 bits per heavy atom. The Bertz CT molecular complexity index is 612. The van der Waals surface area contributed by atoms with E-state index < -0.39 is 0 Å². The summed E-state index contributed by atoms with van der Waals surface area (Å²) in [5.74, 6) is 0.0701. The first kappa shape index (κ1) is 15.8. The van der Waals surface area contributed by atoms with Gasteiger partial charge in [-0.05, 0) is 25.0 Å². The van der Waals surface area contributed by atoms with Gasteiger partial charge in [-0.15, -0.1) is 0 Å². The molecule has 0 unspecified atom stereocenters. The van der Waals surface area contributed by atoms with Gasteiger partial charge >= 0.3 is 0 Å². The minimum atomic E-state index is -0.384. The largest absolute Gasteiger partial charge is 0.484 e. The number of amides is 2. The van der Waals surface area contributed by atoms with E-state index in [1.165, 1.54) is 12.1 Å². The molecule has 0 atom stereocenters. The predicted molar refractivity (Wildman–Crippen MR) is 82.4 cm³/mol. The highest BCUT2D eigenvalue weighted by atomic mass is 19.1. The fourth-order valence-electron chi connectivity index (χ4n) is 3.46. The van der Waals surface area contributed by atoms with Crippen LogP contribution in [0.25, 0.3) is 0 Å². The van der Waals surface area contributed by atoms with Crippen molar-refractivity contribution in [3.05, 3.63) is 30.1 Å². The van der Waals surface area contributed by atoms with Crippen LogP contribution in [0.1, 0.15) is 19.3 Å². The average Bonchev–Trinajstić information content (AvgIpc) is 2.80. The van der Waals surface area contributed by atoms with Crippen LogP contribution in [0.15, 0.2) is 24.3 Å². The zero-order valence-corrected chi connectivity index (χ0v) is 13.3. The SMILES string of the molecule is CN1CC2(CCN(C(=O)COc3cccc(F)c3)CC2)CC1=O. The second-order valence-corrected chi connectivity index (χ2v) is 6.55. The van der Waals surface area contributed by atoms with Gasteiger partial charge in [0.2, 0.25) is 5.91 Å². The maximum atomic E-state index is 13.1. The molecule has 2 aliphatic rings. The first-order chi connectivity index (χ1) is 11.0. The number of ether oxygens (including phenoxy) is 1. The van der Waals surface area contributed by atoms with Crippen molar-refractivity contribution in [2.45, 2.75) is 19.3 Å². The van der Waals surface area contributed by atoms with Gasteiger partial charge in [-0.1, -0.05) is 6.07 Å². The molecule has 0 radical (unpaired) electrons. The number of hydrogen-bond acceptors (Lipinski definition) is 3. The molecule has 6 heteroatoms. The minimum Gasteiger partial charge on any atom is -0.484 e. The molecule has 2 aliphatic heterocycles. The Morgan fingerprint density at radius 1 is 1.35 bits per heavy atom. The zero-order chi connectivity index (χ0) is 16.4. The summed E-state index contributed by atoms with van der Waals surface area (Å²) in [6.07, 6.45) is 2.27. The first-order valence-corrected chi connectivity index (χ1v) is 7.88. The Morgan fingerprint density at radius 3 is 2.70 bits per heavy atom. The molecule has 0 bridgehead atoms. The molecule has 3 rings (SSSR count). The molecule has 2 saturated heterocycles. The number of halogens is 1. The van der Waals surface area contributed by atoms with Crippen LogP contribution in [-0.4, -0.2) is 54.9 Å². The van der Waals surface area contributed by atoms with Crippen LogP contribution in [0.5, 0.6) is 5.75 Å². The standard InChI is InChI=1S/C17H21FN2O3/c1-19-12-17(10-15(19)21)5-7-20(8-6-17)16(22)11-23-14-4-2-3-13(18)9-14/h2-4,9H,5-8,10-12H2,1H3. The van der Waals surface area contributed by atoms with Crippen molar-refractivity contribution in [1.82, 2.24) is 9.80 Å². The first-order valence-electron chi connectivity index (χ1n) is 7.88. The molecule has 1 aromatic carbocycles. The molecule has 0 aliphatic carbocycles. The second-order valence-electron chi connectivity index (χ2n) is 6.55. The molecule has 5 nitrogen and oxygen atoms in total. The van der Waals surface area contributed by atoms with Crippen molar-refractivity contribution < 1.29 is 18.7 Å². The molecule has 1 aromatic rings. The number of piperidine rings is 1. The number of carbonyl (C=O) groups is 2. The van der Waals surface area contributed by atoms with Crippen LogP contribution in [0, 0.1) is 11.2 Å². The Kier molecular flexibility index (Phi) is 4.24. The normalized spacial score (nSPS) is 20.2. The summed E-state index contributed by atoms with van der Waals surface area (Å²) in [7, 11) is 1.83. The summed E-state index contributed by atoms with van der Waals surface area (Å²) in [5.41, 5.74) is 0.0338. The maximum absolute atomic E-state index is 13.1. The molecular weight excluding hydrogens is 299 g/mol. The highest BCUT2D eigenvalue weighted by Gasteiger charge is 2.44.